The second-order valence-corrected chi connectivity index (χ2v) is 7.75. The lowest BCUT2D eigenvalue weighted by Crippen LogP contribution is -2.41. The standard InChI is InChI=1S/C21H18ClN3O3S/c1-12(23-20(28)15-8-10-16(22)11-9-15)19(27)25-21-24-17(18(29-21)13(2)26)14-6-4-3-5-7-14/h3-12H,1-2H3,(H,23,28)(H,24,25,27). The Bertz CT molecular complexity index is 1050. The molecule has 0 spiro atoms. The van der Waals surface area contributed by atoms with Gasteiger partial charge in [-0.1, -0.05) is 53.3 Å². The molecule has 2 N–H and O–H groups in total. The number of carbonyl (C=O) groups excluding carboxylic acids is 3. The summed E-state index contributed by atoms with van der Waals surface area (Å²) >= 11 is 6.92. The van der Waals surface area contributed by atoms with Crippen molar-refractivity contribution < 1.29 is 14.4 Å². The van der Waals surface area contributed by atoms with Gasteiger partial charge in [0.25, 0.3) is 5.91 Å². The first-order valence-electron chi connectivity index (χ1n) is 8.79. The van der Waals surface area contributed by atoms with Crippen molar-refractivity contribution in [3.63, 3.8) is 0 Å². The molecule has 1 unspecified atom stereocenters. The van der Waals surface area contributed by atoms with Crippen LogP contribution in [0, 0.1) is 0 Å². The molecule has 0 aliphatic heterocycles. The fourth-order valence-electron chi connectivity index (χ4n) is 2.56. The number of hydrogen-bond donors (Lipinski definition) is 2. The molecule has 0 fully saturated rings. The van der Waals surface area contributed by atoms with Crippen molar-refractivity contribution in [2.75, 3.05) is 5.32 Å². The number of ketones is 1. The fourth-order valence-corrected chi connectivity index (χ4v) is 3.58. The molecule has 3 aromatic rings. The first kappa shape index (κ1) is 20.7. The smallest absolute Gasteiger partial charge is 0.251 e. The average molecular weight is 428 g/mol. The van der Waals surface area contributed by atoms with Gasteiger partial charge in [0.15, 0.2) is 10.9 Å². The molecule has 0 saturated carbocycles. The molecule has 1 atom stereocenters. The molecule has 0 aliphatic carbocycles. The van der Waals surface area contributed by atoms with Gasteiger partial charge in [-0.15, -0.1) is 0 Å². The highest BCUT2D eigenvalue weighted by atomic mass is 35.5. The van der Waals surface area contributed by atoms with Crippen molar-refractivity contribution in [2.24, 2.45) is 0 Å². The lowest BCUT2D eigenvalue weighted by molar-refractivity contribution is -0.117. The van der Waals surface area contributed by atoms with E-state index in [-0.39, 0.29) is 5.78 Å². The number of halogens is 1. The van der Waals surface area contributed by atoms with E-state index < -0.39 is 17.9 Å². The van der Waals surface area contributed by atoms with Crippen molar-refractivity contribution in [1.29, 1.82) is 0 Å². The van der Waals surface area contributed by atoms with Gasteiger partial charge in [0, 0.05) is 23.1 Å². The molecule has 0 radical (unpaired) electrons. The number of anilines is 1. The topological polar surface area (TPSA) is 88.2 Å². The van der Waals surface area contributed by atoms with Crippen molar-refractivity contribution in [3.8, 4) is 11.3 Å². The number of carbonyl (C=O) groups is 3. The zero-order valence-electron chi connectivity index (χ0n) is 15.7. The van der Waals surface area contributed by atoms with Gasteiger partial charge in [-0.2, -0.15) is 0 Å². The van der Waals surface area contributed by atoms with Crippen LogP contribution in [0.15, 0.2) is 54.6 Å². The normalized spacial score (nSPS) is 11.6. The molecule has 148 valence electrons. The summed E-state index contributed by atoms with van der Waals surface area (Å²) in [7, 11) is 0. The molecule has 8 heteroatoms. The number of Topliss-reactive ketones (excluding diaryl/α,β-unsaturated/α-hetero) is 1. The van der Waals surface area contributed by atoms with Crippen LogP contribution in [0.4, 0.5) is 5.13 Å². The summed E-state index contributed by atoms with van der Waals surface area (Å²) < 4.78 is 0. The molecule has 29 heavy (non-hydrogen) atoms. The molecule has 2 amide bonds. The summed E-state index contributed by atoms with van der Waals surface area (Å²) in [6.45, 7) is 3.03. The molecule has 0 aliphatic rings. The van der Waals surface area contributed by atoms with Gasteiger partial charge < -0.3 is 10.6 Å². The molecular weight excluding hydrogens is 410 g/mol. The summed E-state index contributed by atoms with van der Waals surface area (Å²) in [5.41, 5.74) is 1.71. The maximum absolute atomic E-state index is 12.5. The Hall–Kier alpha value is -3.03. The van der Waals surface area contributed by atoms with Crippen molar-refractivity contribution in [3.05, 3.63) is 70.1 Å². The highest BCUT2D eigenvalue weighted by Crippen LogP contribution is 2.31. The minimum atomic E-state index is -0.803. The summed E-state index contributed by atoms with van der Waals surface area (Å²) in [5.74, 6) is -0.959. The van der Waals surface area contributed by atoms with Gasteiger partial charge in [-0.25, -0.2) is 4.98 Å². The second-order valence-electron chi connectivity index (χ2n) is 6.31. The van der Waals surface area contributed by atoms with E-state index in [1.807, 2.05) is 30.3 Å². The van der Waals surface area contributed by atoms with Crippen LogP contribution in [-0.4, -0.2) is 28.6 Å². The van der Waals surface area contributed by atoms with Crippen LogP contribution in [0.3, 0.4) is 0 Å². The minimum Gasteiger partial charge on any atom is -0.341 e. The number of nitrogens with one attached hydrogen (secondary N) is 2. The predicted octanol–water partition coefficient (Wildman–Crippen LogP) is 4.42. The van der Waals surface area contributed by atoms with Gasteiger partial charge in [-0.05, 0) is 31.2 Å². The van der Waals surface area contributed by atoms with Gasteiger partial charge in [0.05, 0.1) is 10.6 Å². The van der Waals surface area contributed by atoms with Crippen LogP contribution in [0.2, 0.25) is 5.02 Å². The van der Waals surface area contributed by atoms with Crippen LogP contribution < -0.4 is 10.6 Å². The third kappa shape index (κ3) is 5.07. The quantitative estimate of drug-likeness (QED) is 0.570. The molecule has 3 rings (SSSR count). The summed E-state index contributed by atoms with van der Waals surface area (Å²) in [6.07, 6.45) is 0. The third-order valence-electron chi connectivity index (χ3n) is 4.07. The predicted molar refractivity (Wildman–Crippen MR) is 115 cm³/mol. The number of amides is 2. The third-order valence-corrected chi connectivity index (χ3v) is 5.40. The number of hydrogen-bond acceptors (Lipinski definition) is 5. The zero-order chi connectivity index (χ0) is 21.0. The fraction of sp³-hybridized carbons (Fsp3) is 0.143. The molecule has 1 aromatic heterocycles. The average Bonchev–Trinajstić information content (AvgIpc) is 3.13. The highest BCUT2D eigenvalue weighted by Gasteiger charge is 2.21. The van der Waals surface area contributed by atoms with Crippen molar-refractivity contribution in [2.45, 2.75) is 19.9 Å². The minimum absolute atomic E-state index is 0.133. The monoisotopic (exact) mass is 427 g/mol. The lowest BCUT2D eigenvalue weighted by Gasteiger charge is -2.13. The molecule has 2 aromatic carbocycles. The Morgan fingerprint density at radius 3 is 2.31 bits per heavy atom. The highest BCUT2D eigenvalue weighted by molar-refractivity contribution is 7.18. The van der Waals surface area contributed by atoms with E-state index in [1.165, 1.54) is 6.92 Å². The Morgan fingerprint density at radius 2 is 1.69 bits per heavy atom. The largest absolute Gasteiger partial charge is 0.341 e. The Balaban J connectivity index is 1.72. The van der Waals surface area contributed by atoms with Crippen LogP contribution in [-0.2, 0) is 4.79 Å². The lowest BCUT2D eigenvalue weighted by atomic mass is 10.1. The molecule has 0 saturated heterocycles. The van der Waals surface area contributed by atoms with Crippen LogP contribution >= 0.6 is 22.9 Å². The number of rotatable bonds is 6. The Kier molecular flexibility index (Phi) is 6.41. The van der Waals surface area contributed by atoms with Crippen LogP contribution in [0.5, 0.6) is 0 Å². The van der Waals surface area contributed by atoms with E-state index in [4.69, 9.17) is 11.6 Å². The van der Waals surface area contributed by atoms with Crippen molar-refractivity contribution >= 4 is 45.7 Å². The van der Waals surface area contributed by atoms with Gasteiger partial charge in [0.1, 0.15) is 6.04 Å². The van der Waals surface area contributed by atoms with Crippen molar-refractivity contribution in [1.82, 2.24) is 10.3 Å². The summed E-state index contributed by atoms with van der Waals surface area (Å²) in [4.78, 5) is 41.6. The van der Waals surface area contributed by atoms with Crippen LogP contribution in [0.25, 0.3) is 11.3 Å². The van der Waals surface area contributed by atoms with E-state index in [2.05, 4.69) is 15.6 Å². The second kappa shape index (κ2) is 8.98. The summed E-state index contributed by atoms with van der Waals surface area (Å²) in [5, 5.41) is 6.12. The van der Waals surface area contributed by atoms with E-state index in [0.717, 1.165) is 16.9 Å². The number of aromatic nitrogens is 1. The number of benzene rings is 2. The first-order chi connectivity index (χ1) is 13.8. The molecule has 6 nitrogen and oxygen atoms in total. The van der Waals surface area contributed by atoms with Gasteiger partial charge in [-0.3, -0.25) is 14.4 Å². The number of thiazole rings is 1. The zero-order valence-corrected chi connectivity index (χ0v) is 17.3. The molecular formula is C21H18ClN3O3S. The van der Waals surface area contributed by atoms with E-state index in [0.29, 0.717) is 26.3 Å². The summed E-state index contributed by atoms with van der Waals surface area (Å²) in [6, 6.07) is 14.8. The SMILES string of the molecule is CC(=O)c1sc(NC(=O)C(C)NC(=O)c2ccc(Cl)cc2)nc1-c1ccccc1. The maximum Gasteiger partial charge on any atom is 0.251 e. The van der Waals surface area contributed by atoms with E-state index in [1.54, 1.807) is 31.2 Å². The van der Waals surface area contributed by atoms with Gasteiger partial charge >= 0.3 is 0 Å². The Labute approximate surface area is 176 Å². The van der Waals surface area contributed by atoms with Gasteiger partial charge in [0.2, 0.25) is 5.91 Å². The maximum atomic E-state index is 12.5. The first-order valence-corrected chi connectivity index (χ1v) is 9.99. The van der Waals surface area contributed by atoms with Crippen LogP contribution in [0.1, 0.15) is 33.9 Å². The Morgan fingerprint density at radius 1 is 1.03 bits per heavy atom. The van der Waals surface area contributed by atoms with E-state index in [9.17, 15) is 14.4 Å². The number of nitrogens with zero attached hydrogens (tertiary/aromatic N) is 1. The molecule has 0 bridgehead atoms. The molecule has 1 heterocycles. The van der Waals surface area contributed by atoms with E-state index >= 15 is 0 Å².